The minimum Gasteiger partial charge on any atom is -0.485 e. The minimum atomic E-state index is -0.388. The molecule has 0 saturated carbocycles. The summed E-state index contributed by atoms with van der Waals surface area (Å²) in [5, 5.41) is 0. The number of amides is 2. The van der Waals surface area contributed by atoms with E-state index in [4.69, 9.17) is 9.47 Å². The number of ether oxygens (including phenoxy) is 2. The van der Waals surface area contributed by atoms with Gasteiger partial charge >= 0.3 is 0 Å². The zero-order valence-corrected chi connectivity index (χ0v) is 17.6. The highest BCUT2D eigenvalue weighted by atomic mass is 19.1. The lowest BCUT2D eigenvalue weighted by molar-refractivity contribution is -0.130. The molecule has 1 aliphatic heterocycles. The van der Waals surface area contributed by atoms with E-state index in [0.717, 1.165) is 0 Å². The van der Waals surface area contributed by atoms with Gasteiger partial charge in [-0.1, -0.05) is 0 Å². The Morgan fingerprint density at radius 2 is 1.94 bits per heavy atom. The van der Waals surface area contributed by atoms with E-state index >= 15 is 0 Å². The highest BCUT2D eigenvalue weighted by Crippen LogP contribution is 2.33. The molecule has 2 aromatic carbocycles. The van der Waals surface area contributed by atoms with Crippen LogP contribution in [0.3, 0.4) is 0 Å². The first-order valence-electron chi connectivity index (χ1n) is 10.1. The molecule has 164 valence electrons. The lowest BCUT2D eigenvalue weighted by atomic mass is 10.1. The van der Waals surface area contributed by atoms with Crippen molar-refractivity contribution in [2.75, 3.05) is 38.3 Å². The lowest BCUT2D eigenvalue weighted by Gasteiger charge is -2.30. The van der Waals surface area contributed by atoms with Crippen LogP contribution >= 0.6 is 0 Å². The SMILES string of the molecule is CCN(C)C(=O)CCCN1C(=O)COc2ccc(C(=O)COc3ccc(F)cc3)cc21. The van der Waals surface area contributed by atoms with Gasteiger partial charge in [0.15, 0.2) is 19.0 Å². The van der Waals surface area contributed by atoms with Crippen LogP contribution in [-0.4, -0.2) is 55.8 Å². The maximum Gasteiger partial charge on any atom is 0.265 e. The van der Waals surface area contributed by atoms with E-state index < -0.39 is 0 Å². The zero-order valence-electron chi connectivity index (χ0n) is 17.6. The van der Waals surface area contributed by atoms with E-state index in [0.29, 0.717) is 48.7 Å². The molecule has 2 amide bonds. The highest BCUT2D eigenvalue weighted by Gasteiger charge is 2.26. The lowest BCUT2D eigenvalue weighted by Crippen LogP contribution is -2.40. The standard InChI is InChI=1S/C23H25FN2O5/c1-3-25(2)22(28)5-4-12-26-19-13-16(6-11-21(19)31-15-23(26)29)20(27)14-30-18-9-7-17(24)8-10-18/h6-11,13H,3-5,12,14-15H2,1-2H3. The summed E-state index contributed by atoms with van der Waals surface area (Å²) in [6.45, 7) is 2.57. The zero-order chi connectivity index (χ0) is 22.4. The first-order valence-corrected chi connectivity index (χ1v) is 10.1. The molecule has 0 saturated heterocycles. The summed E-state index contributed by atoms with van der Waals surface area (Å²) in [7, 11) is 1.74. The number of ketones is 1. The van der Waals surface area contributed by atoms with Gasteiger partial charge < -0.3 is 19.3 Å². The quantitative estimate of drug-likeness (QED) is 0.574. The van der Waals surface area contributed by atoms with Crippen LogP contribution in [0.1, 0.15) is 30.1 Å². The van der Waals surface area contributed by atoms with Crippen LogP contribution in [0.4, 0.5) is 10.1 Å². The molecule has 0 bridgehead atoms. The molecular weight excluding hydrogens is 403 g/mol. The van der Waals surface area contributed by atoms with E-state index in [9.17, 15) is 18.8 Å². The van der Waals surface area contributed by atoms with E-state index in [2.05, 4.69) is 0 Å². The predicted octanol–water partition coefficient (Wildman–Crippen LogP) is 3.07. The summed E-state index contributed by atoms with van der Waals surface area (Å²) in [4.78, 5) is 40.2. The van der Waals surface area contributed by atoms with Crippen LogP contribution in [-0.2, 0) is 9.59 Å². The van der Waals surface area contributed by atoms with E-state index in [1.165, 1.54) is 24.3 Å². The van der Waals surface area contributed by atoms with Gasteiger partial charge in [0, 0.05) is 32.1 Å². The van der Waals surface area contributed by atoms with Crippen molar-refractivity contribution in [1.29, 1.82) is 0 Å². The van der Waals surface area contributed by atoms with Crippen LogP contribution in [0.25, 0.3) is 0 Å². The van der Waals surface area contributed by atoms with Crippen LogP contribution in [0.5, 0.6) is 11.5 Å². The van der Waals surface area contributed by atoms with Gasteiger partial charge in [-0.3, -0.25) is 14.4 Å². The number of benzene rings is 2. The fourth-order valence-corrected chi connectivity index (χ4v) is 3.14. The summed E-state index contributed by atoms with van der Waals surface area (Å²) >= 11 is 0. The average Bonchev–Trinajstić information content (AvgIpc) is 2.78. The van der Waals surface area contributed by atoms with Gasteiger partial charge in [0.2, 0.25) is 5.91 Å². The van der Waals surface area contributed by atoms with Crippen molar-refractivity contribution < 1.29 is 28.2 Å². The van der Waals surface area contributed by atoms with E-state index in [1.807, 2.05) is 6.92 Å². The predicted molar refractivity (Wildman–Crippen MR) is 113 cm³/mol. The number of hydrogen-bond acceptors (Lipinski definition) is 5. The summed E-state index contributed by atoms with van der Waals surface area (Å²) < 4.78 is 23.9. The number of hydrogen-bond donors (Lipinski definition) is 0. The van der Waals surface area contributed by atoms with Gasteiger partial charge in [0.1, 0.15) is 17.3 Å². The van der Waals surface area contributed by atoms with Crippen LogP contribution in [0.2, 0.25) is 0 Å². The molecular formula is C23H25FN2O5. The summed E-state index contributed by atoms with van der Waals surface area (Å²) in [6.07, 6.45) is 0.828. The molecule has 31 heavy (non-hydrogen) atoms. The van der Waals surface area contributed by atoms with E-state index in [-0.39, 0.29) is 36.6 Å². The number of carbonyl (C=O) groups excluding carboxylic acids is 3. The van der Waals surface area contributed by atoms with Crippen molar-refractivity contribution in [3.8, 4) is 11.5 Å². The first-order chi connectivity index (χ1) is 14.9. The molecule has 2 aromatic rings. The monoisotopic (exact) mass is 428 g/mol. The molecule has 0 aliphatic carbocycles. The number of anilines is 1. The van der Waals surface area contributed by atoms with Gasteiger partial charge in [0.05, 0.1) is 5.69 Å². The molecule has 0 N–H and O–H groups in total. The van der Waals surface area contributed by atoms with Gasteiger partial charge in [-0.05, 0) is 55.8 Å². The molecule has 7 nitrogen and oxygen atoms in total. The van der Waals surface area contributed by atoms with Crippen molar-refractivity contribution in [3.05, 3.63) is 53.8 Å². The van der Waals surface area contributed by atoms with Crippen LogP contribution in [0.15, 0.2) is 42.5 Å². The fourth-order valence-electron chi connectivity index (χ4n) is 3.14. The molecule has 8 heteroatoms. The largest absolute Gasteiger partial charge is 0.485 e. The number of halogens is 1. The Balaban J connectivity index is 1.67. The Morgan fingerprint density at radius 3 is 2.65 bits per heavy atom. The molecule has 0 radical (unpaired) electrons. The second-order valence-corrected chi connectivity index (χ2v) is 7.19. The van der Waals surface area contributed by atoms with Gasteiger partial charge in [0.25, 0.3) is 5.91 Å². The summed E-state index contributed by atoms with van der Waals surface area (Å²) in [5.74, 6) is 0.00873. The summed E-state index contributed by atoms with van der Waals surface area (Å²) in [5.41, 5.74) is 0.867. The number of rotatable bonds is 9. The van der Waals surface area contributed by atoms with Crippen molar-refractivity contribution in [1.82, 2.24) is 4.90 Å². The number of Topliss-reactive ketones (excluding diaryl/α,β-unsaturated/α-hetero) is 1. The highest BCUT2D eigenvalue weighted by molar-refractivity contribution is 6.02. The fraction of sp³-hybridized carbons (Fsp3) is 0.348. The number of fused-ring (bicyclic) bond motifs is 1. The average molecular weight is 428 g/mol. The van der Waals surface area contributed by atoms with Crippen molar-refractivity contribution in [3.63, 3.8) is 0 Å². The molecule has 0 aromatic heterocycles. The van der Waals surface area contributed by atoms with E-state index in [1.54, 1.807) is 35.0 Å². The van der Waals surface area contributed by atoms with Crippen LogP contribution in [0, 0.1) is 5.82 Å². The second-order valence-electron chi connectivity index (χ2n) is 7.19. The number of carbonyl (C=O) groups is 3. The van der Waals surface area contributed by atoms with Gasteiger partial charge in [-0.15, -0.1) is 0 Å². The Bertz CT molecular complexity index is 961. The van der Waals surface area contributed by atoms with Gasteiger partial charge in [-0.25, -0.2) is 4.39 Å². The first kappa shape index (κ1) is 22.3. The van der Waals surface area contributed by atoms with Crippen molar-refractivity contribution in [2.45, 2.75) is 19.8 Å². The third-order valence-electron chi connectivity index (χ3n) is 5.08. The Labute approximate surface area is 180 Å². The molecule has 0 atom stereocenters. The molecule has 1 aliphatic rings. The third kappa shape index (κ3) is 5.59. The maximum absolute atomic E-state index is 13.0. The smallest absolute Gasteiger partial charge is 0.265 e. The number of nitrogens with zero attached hydrogens (tertiary/aromatic N) is 2. The molecule has 0 fully saturated rings. The van der Waals surface area contributed by atoms with Crippen molar-refractivity contribution >= 4 is 23.3 Å². The molecule has 0 unspecified atom stereocenters. The molecule has 3 rings (SSSR count). The molecule has 1 heterocycles. The third-order valence-corrected chi connectivity index (χ3v) is 5.08. The second kappa shape index (κ2) is 10.1. The molecule has 0 spiro atoms. The minimum absolute atomic E-state index is 0.0188. The maximum atomic E-state index is 13.0. The van der Waals surface area contributed by atoms with Crippen LogP contribution < -0.4 is 14.4 Å². The topological polar surface area (TPSA) is 76.2 Å². The van der Waals surface area contributed by atoms with Gasteiger partial charge in [-0.2, -0.15) is 0 Å². The summed E-state index contributed by atoms with van der Waals surface area (Å²) in [6, 6.07) is 10.3. The Hall–Kier alpha value is -3.42. The normalized spacial score (nSPS) is 12.7. The van der Waals surface area contributed by atoms with Crippen molar-refractivity contribution in [2.24, 2.45) is 0 Å². The Morgan fingerprint density at radius 1 is 1.19 bits per heavy atom. The Kier molecular flexibility index (Phi) is 7.23.